The van der Waals surface area contributed by atoms with Gasteiger partial charge in [0.15, 0.2) is 0 Å². The van der Waals surface area contributed by atoms with Crippen LogP contribution in [0.1, 0.15) is 35.7 Å². The molecular weight excluding hydrogens is 412 g/mol. The van der Waals surface area contributed by atoms with Gasteiger partial charge in [-0.15, -0.1) is 0 Å². The number of benzene rings is 1. The van der Waals surface area contributed by atoms with Gasteiger partial charge in [-0.25, -0.2) is 0 Å². The van der Waals surface area contributed by atoms with Gasteiger partial charge in [0.25, 0.3) is 5.56 Å². The molecule has 0 atom stereocenters. The van der Waals surface area contributed by atoms with E-state index >= 15 is 0 Å². The van der Waals surface area contributed by atoms with Crippen LogP contribution >= 0.6 is 15.9 Å². The highest BCUT2D eigenvalue weighted by molar-refractivity contribution is 9.10. The third-order valence-corrected chi connectivity index (χ3v) is 4.58. The highest BCUT2D eigenvalue weighted by atomic mass is 79.9. The van der Waals surface area contributed by atoms with Crippen molar-refractivity contribution < 1.29 is 9.59 Å². The van der Waals surface area contributed by atoms with Gasteiger partial charge in [0, 0.05) is 23.5 Å². The number of rotatable bonds is 5. The molecule has 0 fully saturated rings. The molecule has 0 bridgehead atoms. The summed E-state index contributed by atoms with van der Waals surface area (Å²) in [5.74, 6) is -0.487. The van der Waals surface area contributed by atoms with E-state index < -0.39 is 5.56 Å². The van der Waals surface area contributed by atoms with E-state index in [9.17, 15) is 14.4 Å². The number of aromatic nitrogens is 1. The molecule has 1 heterocycles. The van der Waals surface area contributed by atoms with E-state index in [1.165, 1.54) is 6.92 Å². The maximum atomic E-state index is 12.4. The summed E-state index contributed by atoms with van der Waals surface area (Å²) >= 11 is 3.34. The van der Waals surface area contributed by atoms with Crippen molar-refractivity contribution in [3.05, 3.63) is 55.4 Å². The lowest BCUT2D eigenvalue weighted by Crippen LogP contribution is -2.19. The van der Waals surface area contributed by atoms with Crippen molar-refractivity contribution in [3.8, 4) is 6.07 Å². The second-order valence-electron chi connectivity index (χ2n) is 6.09. The Balaban J connectivity index is 2.17. The smallest absolute Gasteiger partial charge is 0.266 e. The predicted molar refractivity (Wildman–Crippen MR) is 107 cm³/mol. The van der Waals surface area contributed by atoms with Crippen molar-refractivity contribution in [1.82, 2.24) is 4.98 Å². The first kappa shape index (κ1) is 20.4. The van der Waals surface area contributed by atoms with Gasteiger partial charge in [-0.2, -0.15) is 5.26 Å². The van der Waals surface area contributed by atoms with Crippen LogP contribution in [0.4, 0.5) is 11.4 Å². The summed E-state index contributed by atoms with van der Waals surface area (Å²) in [4.78, 5) is 38.2. The zero-order valence-corrected chi connectivity index (χ0v) is 16.8. The summed E-state index contributed by atoms with van der Waals surface area (Å²) < 4.78 is 0.762. The number of anilines is 2. The molecule has 3 N–H and O–H groups in total. The Labute approximate surface area is 164 Å². The zero-order chi connectivity index (χ0) is 20.1. The average molecular weight is 431 g/mol. The van der Waals surface area contributed by atoms with E-state index in [1.807, 2.05) is 6.07 Å². The van der Waals surface area contributed by atoms with Gasteiger partial charge in [0.1, 0.15) is 11.6 Å². The van der Waals surface area contributed by atoms with Gasteiger partial charge in [0.05, 0.1) is 11.4 Å². The molecule has 0 saturated carbocycles. The van der Waals surface area contributed by atoms with Crippen LogP contribution in [-0.2, 0) is 16.0 Å². The van der Waals surface area contributed by atoms with Crippen molar-refractivity contribution in [1.29, 1.82) is 5.26 Å². The molecule has 0 aliphatic rings. The first-order valence-electron chi connectivity index (χ1n) is 8.22. The lowest BCUT2D eigenvalue weighted by atomic mass is 9.99. The van der Waals surface area contributed by atoms with Gasteiger partial charge >= 0.3 is 0 Å². The molecule has 0 aliphatic carbocycles. The molecule has 2 rings (SSSR count). The summed E-state index contributed by atoms with van der Waals surface area (Å²) in [6.45, 7) is 4.84. The third kappa shape index (κ3) is 5.05. The Morgan fingerprint density at radius 3 is 2.56 bits per heavy atom. The molecule has 0 saturated heterocycles. The molecule has 27 heavy (non-hydrogen) atoms. The molecule has 0 spiro atoms. The number of pyridine rings is 1. The SMILES string of the molecule is CC(=O)Nc1ccc(Br)cc1NC(=O)CCc1c(C)[nH]c(=O)c(C#N)c1C. The molecule has 0 radical (unpaired) electrons. The lowest BCUT2D eigenvalue weighted by Gasteiger charge is -2.13. The molecule has 0 unspecified atom stereocenters. The van der Waals surface area contributed by atoms with Crippen LogP contribution in [0.2, 0.25) is 0 Å². The van der Waals surface area contributed by atoms with E-state index in [0.717, 1.165) is 10.0 Å². The standard InChI is InChI=1S/C19H19BrN4O3/c1-10-14(11(2)22-19(27)15(10)9-21)5-7-18(26)24-17-8-13(20)4-6-16(17)23-12(3)25/h4,6,8H,5,7H2,1-3H3,(H,22,27)(H,23,25)(H,24,26). The fraction of sp³-hybridized carbons (Fsp3) is 0.263. The maximum absolute atomic E-state index is 12.4. The summed E-state index contributed by atoms with van der Waals surface area (Å²) in [5, 5.41) is 14.6. The van der Waals surface area contributed by atoms with Gasteiger partial charge in [-0.05, 0) is 49.6 Å². The van der Waals surface area contributed by atoms with Crippen molar-refractivity contribution in [2.24, 2.45) is 0 Å². The second kappa shape index (κ2) is 8.64. The molecule has 0 aliphatic heterocycles. The number of nitrogens with zero attached hydrogens (tertiary/aromatic N) is 1. The van der Waals surface area contributed by atoms with E-state index in [0.29, 0.717) is 29.1 Å². The predicted octanol–water partition coefficient (Wildman–Crippen LogP) is 3.16. The quantitative estimate of drug-likeness (QED) is 0.675. The van der Waals surface area contributed by atoms with Crippen LogP contribution < -0.4 is 16.2 Å². The number of carbonyl (C=O) groups is 2. The maximum Gasteiger partial charge on any atom is 0.266 e. The third-order valence-electron chi connectivity index (χ3n) is 4.09. The zero-order valence-electron chi connectivity index (χ0n) is 15.2. The molecule has 1 aromatic carbocycles. The molecule has 2 aromatic rings. The average Bonchev–Trinajstić information content (AvgIpc) is 2.57. The number of nitrogens with one attached hydrogen (secondary N) is 3. The Hall–Kier alpha value is -2.92. The van der Waals surface area contributed by atoms with E-state index in [2.05, 4.69) is 31.5 Å². The second-order valence-corrected chi connectivity index (χ2v) is 7.00. The van der Waals surface area contributed by atoms with Crippen molar-refractivity contribution in [2.75, 3.05) is 10.6 Å². The first-order chi connectivity index (χ1) is 12.7. The highest BCUT2D eigenvalue weighted by Gasteiger charge is 2.14. The summed E-state index contributed by atoms with van der Waals surface area (Å²) in [6.07, 6.45) is 0.531. The number of amides is 2. The molecule has 1 aromatic heterocycles. The van der Waals surface area contributed by atoms with Gasteiger partial charge in [0.2, 0.25) is 11.8 Å². The Bertz CT molecular complexity index is 1010. The van der Waals surface area contributed by atoms with Crippen LogP contribution in [0.5, 0.6) is 0 Å². The van der Waals surface area contributed by atoms with Crippen molar-refractivity contribution in [2.45, 2.75) is 33.6 Å². The van der Waals surface area contributed by atoms with Gasteiger partial charge < -0.3 is 15.6 Å². The van der Waals surface area contributed by atoms with Crippen LogP contribution in [0, 0.1) is 25.2 Å². The minimum Gasteiger partial charge on any atom is -0.325 e. The lowest BCUT2D eigenvalue weighted by molar-refractivity contribution is -0.116. The Morgan fingerprint density at radius 2 is 1.93 bits per heavy atom. The minimum absolute atomic E-state index is 0.0657. The number of H-pyrrole nitrogens is 1. The van der Waals surface area contributed by atoms with Crippen molar-refractivity contribution >= 4 is 39.1 Å². The van der Waals surface area contributed by atoms with Crippen LogP contribution in [0.3, 0.4) is 0 Å². The van der Waals surface area contributed by atoms with Gasteiger partial charge in [-0.1, -0.05) is 15.9 Å². The monoisotopic (exact) mass is 430 g/mol. The number of nitriles is 1. The molecule has 2 amide bonds. The molecule has 7 nitrogen and oxygen atoms in total. The van der Waals surface area contributed by atoms with E-state index in [-0.39, 0.29) is 23.8 Å². The fourth-order valence-electron chi connectivity index (χ4n) is 2.79. The first-order valence-corrected chi connectivity index (χ1v) is 9.01. The molecule has 140 valence electrons. The molecule has 8 heteroatoms. The van der Waals surface area contributed by atoms with E-state index in [4.69, 9.17) is 5.26 Å². The number of hydrogen-bond acceptors (Lipinski definition) is 4. The Morgan fingerprint density at radius 1 is 1.22 bits per heavy atom. The fourth-order valence-corrected chi connectivity index (χ4v) is 3.15. The highest BCUT2D eigenvalue weighted by Crippen LogP contribution is 2.26. The number of halogens is 1. The largest absolute Gasteiger partial charge is 0.325 e. The minimum atomic E-state index is -0.421. The number of aromatic amines is 1. The van der Waals surface area contributed by atoms with E-state index in [1.54, 1.807) is 32.0 Å². The van der Waals surface area contributed by atoms with Crippen molar-refractivity contribution in [3.63, 3.8) is 0 Å². The normalized spacial score (nSPS) is 10.2. The number of carbonyl (C=O) groups excluding carboxylic acids is 2. The molecular formula is C19H19BrN4O3. The van der Waals surface area contributed by atoms with Crippen LogP contribution in [-0.4, -0.2) is 16.8 Å². The number of hydrogen-bond donors (Lipinski definition) is 3. The summed E-state index contributed by atoms with van der Waals surface area (Å²) in [5.41, 5.74) is 2.64. The Kier molecular flexibility index (Phi) is 6.53. The summed E-state index contributed by atoms with van der Waals surface area (Å²) in [7, 11) is 0. The number of aryl methyl sites for hydroxylation is 1. The topological polar surface area (TPSA) is 115 Å². The van der Waals surface area contributed by atoms with Crippen LogP contribution in [0.15, 0.2) is 27.5 Å². The van der Waals surface area contributed by atoms with Crippen LogP contribution in [0.25, 0.3) is 0 Å². The summed E-state index contributed by atoms with van der Waals surface area (Å²) in [6, 6.07) is 7.05. The van der Waals surface area contributed by atoms with Gasteiger partial charge in [-0.3, -0.25) is 14.4 Å².